The van der Waals surface area contributed by atoms with Crippen LogP contribution in [0, 0.1) is 20.8 Å². The van der Waals surface area contributed by atoms with Gasteiger partial charge in [0.1, 0.15) is 5.52 Å². The molecule has 3 aromatic carbocycles. The topological polar surface area (TPSA) is 67.2 Å². The lowest BCUT2D eigenvalue weighted by Gasteiger charge is -2.13. The molecule has 34 heavy (non-hydrogen) atoms. The van der Waals surface area contributed by atoms with Gasteiger partial charge in [-0.1, -0.05) is 43.7 Å². The second kappa shape index (κ2) is 9.77. The average molecular weight is 472 g/mol. The van der Waals surface area contributed by atoms with Gasteiger partial charge in [-0.15, -0.1) is 0 Å². The first-order valence-electron chi connectivity index (χ1n) is 11.5. The van der Waals surface area contributed by atoms with Gasteiger partial charge in [-0.2, -0.15) is 0 Å². The number of benzene rings is 3. The van der Waals surface area contributed by atoms with Crippen molar-refractivity contribution in [2.75, 3.05) is 5.32 Å². The molecule has 5 nitrogen and oxygen atoms in total. The number of hydrogen-bond acceptors (Lipinski definition) is 4. The highest BCUT2D eigenvalue weighted by Crippen LogP contribution is 2.30. The zero-order chi connectivity index (χ0) is 24.4. The van der Waals surface area contributed by atoms with Crippen molar-refractivity contribution < 1.29 is 9.21 Å². The number of hydrogen-bond donors (Lipinski definition) is 2. The van der Waals surface area contributed by atoms with Crippen molar-refractivity contribution in [3.63, 3.8) is 0 Å². The van der Waals surface area contributed by atoms with Gasteiger partial charge in [0.15, 0.2) is 10.7 Å². The van der Waals surface area contributed by atoms with Gasteiger partial charge in [0.25, 0.3) is 5.91 Å². The number of rotatable bonds is 5. The largest absolute Gasteiger partial charge is 0.436 e. The molecule has 174 valence electrons. The molecule has 4 rings (SSSR count). The Balaban J connectivity index is 1.54. The van der Waals surface area contributed by atoms with Crippen LogP contribution >= 0.6 is 12.2 Å². The summed E-state index contributed by atoms with van der Waals surface area (Å²) in [6, 6.07) is 17.8. The number of aryl methyl sites for hydroxylation is 3. The van der Waals surface area contributed by atoms with Crippen molar-refractivity contribution >= 4 is 40.0 Å². The summed E-state index contributed by atoms with van der Waals surface area (Å²) in [6.45, 7) is 10.3. The van der Waals surface area contributed by atoms with E-state index in [1.807, 2.05) is 63.2 Å². The van der Waals surface area contributed by atoms with E-state index >= 15 is 0 Å². The van der Waals surface area contributed by atoms with E-state index in [9.17, 15) is 4.79 Å². The number of nitrogens with zero attached hydrogens (tertiary/aromatic N) is 1. The highest BCUT2D eigenvalue weighted by atomic mass is 32.1. The number of amides is 1. The SMILES string of the molecule is CC[C@@H](C)c1ccc2oc(-c3ccc(C)c(NC(=S)NC(=O)c4ccc(C)cc4C)c3)nc2c1. The lowest BCUT2D eigenvalue weighted by molar-refractivity contribution is 0.0977. The molecule has 0 bridgehead atoms. The Morgan fingerprint density at radius 3 is 2.56 bits per heavy atom. The standard InChI is InChI=1S/C28H29N3O2S/c1-6-17(3)20-10-12-25-24(14-20)29-27(33-25)21-9-8-18(4)23(15-21)30-28(34)31-26(32)22-11-7-16(2)13-19(22)5/h7-15,17H,6H2,1-5H3,(H2,30,31,32,34)/t17-/m1/s1. The third kappa shape index (κ3) is 5.02. The van der Waals surface area contributed by atoms with Crippen molar-refractivity contribution in [2.24, 2.45) is 0 Å². The molecule has 6 heteroatoms. The maximum Gasteiger partial charge on any atom is 0.257 e. The Bertz CT molecular complexity index is 1390. The molecule has 4 aromatic rings. The number of aromatic nitrogens is 1. The van der Waals surface area contributed by atoms with Gasteiger partial charge in [0, 0.05) is 16.8 Å². The third-order valence-electron chi connectivity index (χ3n) is 6.18. The Hall–Kier alpha value is -3.51. The summed E-state index contributed by atoms with van der Waals surface area (Å²) in [6.07, 6.45) is 1.07. The highest BCUT2D eigenvalue weighted by molar-refractivity contribution is 7.80. The molecular formula is C28H29N3O2S. The first kappa shape index (κ1) is 23.6. The van der Waals surface area contributed by atoms with Crippen molar-refractivity contribution in [2.45, 2.75) is 47.0 Å². The number of fused-ring (bicyclic) bond motifs is 1. The Kier molecular flexibility index (Phi) is 6.80. The molecule has 0 spiro atoms. The fourth-order valence-electron chi connectivity index (χ4n) is 3.89. The molecule has 0 unspecified atom stereocenters. The number of nitrogens with one attached hydrogen (secondary N) is 2. The molecule has 0 aliphatic carbocycles. The predicted molar refractivity (Wildman–Crippen MR) is 142 cm³/mol. The molecule has 0 radical (unpaired) electrons. The molecule has 1 atom stereocenters. The van der Waals surface area contributed by atoms with E-state index in [0.29, 0.717) is 17.4 Å². The molecule has 0 aliphatic rings. The van der Waals surface area contributed by atoms with Crippen LogP contribution < -0.4 is 10.6 Å². The fraction of sp³-hybridized carbons (Fsp3) is 0.250. The third-order valence-corrected chi connectivity index (χ3v) is 6.38. The summed E-state index contributed by atoms with van der Waals surface area (Å²) in [4.78, 5) is 17.4. The number of carbonyl (C=O) groups is 1. The molecule has 0 saturated carbocycles. The molecule has 1 aromatic heterocycles. The number of anilines is 1. The molecule has 1 amide bonds. The van der Waals surface area contributed by atoms with Gasteiger partial charge in [-0.3, -0.25) is 10.1 Å². The summed E-state index contributed by atoms with van der Waals surface area (Å²) >= 11 is 5.42. The highest BCUT2D eigenvalue weighted by Gasteiger charge is 2.14. The van der Waals surface area contributed by atoms with Crippen LogP contribution in [0.1, 0.15) is 58.8 Å². The van der Waals surface area contributed by atoms with E-state index in [4.69, 9.17) is 21.6 Å². The van der Waals surface area contributed by atoms with Gasteiger partial charge in [-0.05, 0) is 92.4 Å². The minimum absolute atomic E-state index is 0.236. The van der Waals surface area contributed by atoms with Crippen molar-refractivity contribution in [1.82, 2.24) is 10.3 Å². The van der Waals surface area contributed by atoms with Gasteiger partial charge in [-0.25, -0.2) is 4.98 Å². The molecule has 0 aliphatic heterocycles. The van der Waals surface area contributed by atoms with E-state index in [0.717, 1.165) is 45.5 Å². The quantitative estimate of drug-likeness (QED) is 0.305. The summed E-state index contributed by atoms with van der Waals surface area (Å²) in [5.41, 5.74) is 8.08. The second-order valence-corrected chi connectivity index (χ2v) is 9.22. The Morgan fingerprint density at radius 2 is 1.82 bits per heavy atom. The average Bonchev–Trinajstić information content (AvgIpc) is 3.23. The van der Waals surface area contributed by atoms with E-state index in [1.165, 1.54) is 5.56 Å². The van der Waals surface area contributed by atoms with E-state index in [-0.39, 0.29) is 11.0 Å². The van der Waals surface area contributed by atoms with E-state index in [1.54, 1.807) is 0 Å². The minimum Gasteiger partial charge on any atom is -0.436 e. The molecular weight excluding hydrogens is 442 g/mol. The predicted octanol–water partition coefficient (Wildman–Crippen LogP) is 7.06. The van der Waals surface area contributed by atoms with Crippen LogP contribution in [0.2, 0.25) is 0 Å². The number of thiocarbonyl (C=S) groups is 1. The molecule has 0 saturated heterocycles. The van der Waals surface area contributed by atoms with Gasteiger partial charge >= 0.3 is 0 Å². The van der Waals surface area contributed by atoms with Gasteiger partial charge in [0.2, 0.25) is 5.89 Å². The van der Waals surface area contributed by atoms with Crippen LogP contribution in [0.25, 0.3) is 22.6 Å². The smallest absolute Gasteiger partial charge is 0.257 e. The summed E-state index contributed by atoms with van der Waals surface area (Å²) < 4.78 is 6.03. The first-order chi connectivity index (χ1) is 16.2. The monoisotopic (exact) mass is 471 g/mol. The van der Waals surface area contributed by atoms with Gasteiger partial charge in [0.05, 0.1) is 0 Å². The van der Waals surface area contributed by atoms with Crippen LogP contribution in [-0.4, -0.2) is 16.0 Å². The number of oxazole rings is 1. The van der Waals surface area contributed by atoms with Crippen LogP contribution in [0.4, 0.5) is 5.69 Å². The minimum atomic E-state index is -0.236. The molecule has 2 N–H and O–H groups in total. The van der Waals surface area contributed by atoms with Crippen LogP contribution in [-0.2, 0) is 0 Å². The molecule has 1 heterocycles. The van der Waals surface area contributed by atoms with Crippen LogP contribution in [0.5, 0.6) is 0 Å². The maximum absolute atomic E-state index is 12.7. The van der Waals surface area contributed by atoms with Crippen molar-refractivity contribution in [1.29, 1.82) is 0 Å². The first-order valence-corrected chi connectivity index (χ1v) is 11.9. The number of carbonyl (C=O) groups excluding carboxylic acids is 1. The van der Waals surface area contributed by atoms with Crippen LogP contribution in [0.15, 0.2) is 59.0 Å². The van der Waals surface area contributed by atoms with E-state index in [2.05, 4.69) is 36.6 Å². The van der Waals surface area contributed by atoms with Crippen LogP contribution in [0.3, 0.4) is 0 Å². The van der Waals surface area contributed by atoms with Gasteiger partial charge < -0.3 is 9.73 Å². The zero-order valence-corrected chi connectivity index (χ0v) is 21.0. The lowest BCUT2D eigenvalue weighted by Crippen LogP contribution is -2.34. The zero-order valence-electron chi connectivity index (χ0n) is 20.2. The summed E-state index contributed by atoms with van der Waals surface area (Å²) in [5.74, 6) is 0.782. The van der Waals surface area contributed by atoms with E-state index < -0.39 is 0 Å². The van der Waals surface area contributed by atoms with Crippen molar-refractivity contribution in [3.8, 4) is 11.5 Å². The lowest BCUT2D eigenvalue weighted by atomic mass is 9.98. The summed E-state index contributed by atoms with van der Waals surface area (Å²) in [5, 5.41) is 6.16. The second-order valence-electron chi connectivity index (χ2n) is 8.81. The van der Waals surface area contributed by atoms with Crippen molar-refractivity contribution in [3.05, 3.63) is 82.4 Å². The molecule has 0 fully saturated rings. The normalized spacial score (nSPS) is 11.9. The Morgan fingerprint density at radius 1 is 1.03 bits per heavy atom. The fourth-order valence-corrected chi connectivity index (χ4v) is 4.09. The maximum atomic E-state index is 12.7. The summed E-state index contributed by atoms with van der Waals surface area (Å²) in [7, 11) is 0. The Labute approximate surface area is 205 Å².